The van der Waals surface area contributed by atoms with Gasteiger partial charge in [-0.2, -0.15) is 11.8 Å². The molecule has 0 atom stereocenters. The first-order valence-electron chi connectivity index (χ1n) is 8.15. The molecule has 0 radical (unpaired) electrons. The Hall–Kier alpha value is -2.02. The number of hydrogen-bond acceptors (Lipinski definition) is 4. The fraction of sp³-hybridized carbons (Fsp3) is 0.500. The summed E-state index contributed by atoms with van der Waals surface area (Å²) in [6, 6.07) is 7.47. The minimum Gasteiger partial charge on any atom is -0.481 e. The lowest BCUT2D eigenvalue weighted by Crippen LogP contribution is -2.36. The lowest BCUT2D eigenvalue weighted by molar-refractivity contribution is -0.136. The maximum Gasteiger partial charge on any atom is 0.304 e. The zero-order chi connectivity index (χ0) is 18.9. The average molecular weight is 366 g/mol. The number of hydrogen-bond donors (Lipinski definition) is 3. The van der Waals surface area contributed by atoms with Crippen molar-refractivity contribution in [1.29, 1.82) is 0 Å². The molecular weight excluding hydrogens is 340 g/mol. The Kier molecular flexibility index (Phi) is 8.48. The van der Waals surface area contributed by atoms with E-state index >= 15 is 0 Å². The lowest BCUT2D eigenvalue weighted by Gasteiger charge is -2.17. The van der Waals surface area contributed by atoms with Crippen LogP contribution >= 0.6 is 11.8 Å². The van der Waals surface area contributed by atoms with Crippen LogP contribution in [0.3, 0.4) is 0 Å². The monoisotopic (exact) mass is 366 g/mol. The molecule has 0 saturated carbocycles. The first-order valence-corrected chi connectivity index (χ1v) is 9.30. The van der Waals surface area contributed by atoms with Gasteiger partial charge in [-0.3, -0.25) is 14.4 Å². The van der Waals surface area contributed by atoms with Gasteiger partial charge in [0.05, 0.1) is 6.42 Å². The van der Waals surface area contributed by atoms with Crippen LogP contribution in [-0.2, 0) is 20.1 Å². The molecule has 25 heavy (non-hydrogen) atoms. The maximum atomic E-state index is 12.0. The first kappa shape index (κ1) is 21.0. The Bertz CT molecular complexity index is 611. The van der Waals surface area contributed by atoms with Gasteiger partial charge >= 0.3 is 5.97 Å². The summed E-state index contributed by atoms with van der Waals surface area (Å²) in [7, 11) is 0. The highest BCUT2D eigenvalue weighted by Gasteiger charge is 2.20. The number of benzene rings is 1. The number of amides is 2. The topological polar surface area (TPSA) is 95.5 Å². The molecule has 0 heterocycles. The van der Waals surface area contributed by atoms with Crippen molar-refractivity contribution >= 4 is 35.2 Å². The van der Waals surface area contributed by atoms with Crippen LogP contribution in [-0.4, -0.2) is 35.2 Å². The molecule has 0 spiro atoms. The smallest absolute Gasteiger partial charge is 0.304 e. The van der Waals surface area contributed by atoms with Crippen LogP contribution in [0.4, 0.5) is 5.69 Å². The molecule has 1 aromatic carbocycles. The van der Waals surface area contributed by atoms with Crippen LogP contribution in [0.25, 0.3) is 0 Å². The van der Waals surface area contributed by atoms with E-state index < -0.39 is 11.4 Å². The number of carbonyl (C=O) groups is 3. The van der Waals surface area contributed by atoms with E-state index in [1.165, 1.54) is 0 Å². The summed E-state index contributed by atoms with van der Waals surface area (Å²) < 4.78 is 0. The number of thioether (sulfide) groups is 1. The zero-order valence-electron chi connectivity index (χ0n) is 14.9. The molecule has 0 aromatic heterocycles. The highest BCUT2D eigenvalue weighted by atomic mass is 32.2. The quantitative estimate of drug-likeness (QED) is 0.584. The Balaban J connectivity index is 2.38. The summed E-state index contributed by atoms with van der Waals surface area (Å²) in [5.41, 5.74) is 1.25. The van der Waals surface area contributed by atoms with E-state index in [-0.39, 0.29) is 24.7 Å². The van der Waals surface area contributed by atoms with Gasteiger partial charge in [0.1, 0.15) is 0 Å². The van der Waals surface area contributed by atoms with Crippen LogP contribution in [0.2, 0.25) is 0 Å². The summed E-state index contributed by atoms with van der Waals surface area (Å²) in [6.07, 6.45) is 0.348. The van der Waals surface area contributed by atoms with Crippen molar-refractivity contribution in [2.45, 2.75) is 39.4 Å². The average Bonchev–Trinajstić information content (AvgIpc) is 2.50. The Morgan fingerprint density at radius 1 is 1.16 bits per heavy atom. The predicted octanol–water partition coefficient (Wildman–Crippen LogP) is 2.89. The largest absolute Gasteiger partial charge is 0.481 e. The third-order valence-electron chi connectivity index (χ3n) is 3.26. The number of rotatable bonds is 9. The molecule has 3 N–H and O–H groups in total. The third-order valence-corrected chi connectivity index (χ3v) is 4.29. The summed E-state index contributed by atoms with van der Waals surface area (Å²) >= 11 is 1.54. The van der Waals surface area contributed by atoms with E-state index in [0.29, 0.717) is 23.7 Å². The van der Waals surface area contributed by atoms with Gasteiger partial charge in [-0.25, -0.2) is 0 Å². The number of nitrogens with one attached hydrogen (secondary N) is 2. The van der Waals surface area contributed by atoms with E-state index in [2.05, 4.69) is 10.6 Å². The van der Waals surface area contributed by atoms with Crippen molar-refractivity contribution in [1.82, 2.24) is 5.32 Å². The number of carboxylic acid groups (broad SMARTS) is 1. The van der Waals surface area contributed by atoms with Crippen LogP contribution in [0, 0.1) is 5.41 Å². The summed E-state index contributed by atoms with van der Waals surface area (Å²) in [5.74, 6) is 0.204. The van der Waals surface area contributed by atoms with Gasteiger partial charge in [0.25, 0.3) is 0 Å². The highest BCUT2D eigenvalue weighted by Crippen LogP contribution is 2.17. The Labute approximate surface area is 152 Å². The molecule has 0 aliphatic rings. The van der Waals surface area contributed by atoms with E-state index in [1.54, 1.807) is 17.8 Å². The predicted molar refractivity (Wildman–Crippen MR) is 101 cm³/mol. The second kappa shape index (κ2) is 10.1. The SMILES string of the molecule is CC(C)(C)C(=O)NCCC(=O)Nc1cccc(CSCCC(=O)O)c1. The number of carboxylic acids is 1. The molecule has 1 rings (SSSR count). The summed E-state index contributed by atoms with van der Waals surface area (Å²) in [4.78, 5) is 34.2. The minimum absolute atomic E-state index is 0.0827. The van der Waals surface area contributed by atoms with Crippen LogP contribution in [0.15, 0.2) is 24.3 Å². The fourth-order valence-electron chi connectivity index (χ4n) is 1.87. The van der Waals surface area contributed by atoms with Crippen molar-refractivity contribution in [3.05, 3.63) is 29.8 Å². The minimum atomic E-state index is -0.799. The Morgan fingerprint density at radius 2 is 1.88 bits per heavy atom. The van der Waals surface area contributed by atoms with Crippen molar-refractivity contribution in [2.24, 2.45) is 5.41 Å². The molecule has 138 valence electrons. The first-order chi connectivity index (χ1) is 11.7. The second-order valence-corrected chi connectivity index (χ2v) is 7.81. The highest BCUT2D eigenvalue weighted by molar-refractivity contribution is 7.98. The van der Waals surface area contributed by atoms with E-state index in [9.17, 15) is 14.4 Å². The Morgan fingerprint density at radius 3 is 2.52 bits per heavy atom. The standard InChI is InChI=1S/C18H26N2O4S/c1-18(2,3)17(24)19-9-7-15(21)20-14-6-4-5-13(11-14)12-25-10-8-16(22)23/h4-6,11H,7-10,12H2,1-3H3,(H,19,24)(H,20,21)(H,22,23). The molecule has 1 aromatic rings. The van der Waals surface area contributed by atoms with Gasteiger partial charge in [0.2, 0.25) is 11.8 Å². The molecule has 0 bridgehead atoms. The van der Waals surface area contributed by atoms with E-state index in [4.69, 9.17) is 5.11 Å². The van der Waals surface area contributed by atoms with Gasteiger partial charge < -0.3 is 15.7 Å². The van der Waals surface area contributed by atoms with Gasteiger partial charge in [-0.15, -0.1) is 0 Å². The summed E-state index contributed by atoms with van der Waals surface area (Å²) in [6.45, 7) is 5.76. The van der Waals surface area contributed by atoms with Crippen LogP contribution in [0.5, 0.6) is 0 Å². The van der Waals surface area contributed by atoms with Gasteiger partial charge in [0.15, 0.2) is 0 Å². The van der Waals surface area contributed by atoms with Gasteiger partial charge in [-0.05, 0) is 17.7 Å². The fourth-order valence-corrected chi connectivity index (χ4v) is 2.75. The van der Waals surface area contributed by atoms with Gasteiger partial charge in [-0.1, -0.05) is 32.9 Å². The number of aliphatic carboxylic acids is 1. The second-order valence-electron chi connectivity index (χ2n) is 6.70. The zero-order valence-corrected chi connectivity index (χ0v) is 15.7. The molecule has 7 heteroatoms. The van der Waals surface area contributed by atoms with E-state index in [0.717, 1.165) is 5.56 Å². The number of carbonyl (C=O) groups excluding carboxylic acids is 2. The van der Waals surface area contributed by atoms with Crippen molar-refractivity contribution in [3.8, 4) is 0 Å². The van der Waals surface area contributed by atoms with Crippen LogP contribution in [0.1, 0.15) is 39.2 Å². The molecule has 6 nitrogen and oxygen atoms in total. The molecule has 2 amide bonds. The molecule has 0 fully saturated rings. The molecule has 0 unspecified atom stereocenters. The number of anilines is 1. The molecule has 0 aliphatic heterocycles. The molecule has 0 saturated heterocycles. The van der Waals surface area contributed by atoms with Gasteiger partial charge in [0, 0.05) is 35.6 Å². The van der Waals surface area contributed by atoms with E-state index in [1.807, 2.05) is 39.0 Å². The van der Waals surface area contributed by atoms with Crippen molar-refractivity contribution in [3.63, 3.8) is 0 Å². The van der Waals surface area contributed by atoms with Crippen molar-refractivity contribution < 1.29 is 19.5 Å². The third kappa shape index (κ3) is 9.14. The molecular formula is C18H26N2O4S. The normalized spacial score (nSPS) is 11.0. The van der Waals surface area contributed by atoms with Crippen LogP contribution < -0.4 is 10.6 Å². The lowest BCUT2D eigenvalue weighted by atomic mass is 9.96. The summed E-state index contributed by atoms with van der Waals surface area (Å²) in [5, 5.41) is 14.2. The molecule has 0 aliphatic carbocycles. The maximum absolute atomic E-state index is 12.0. The van der Waals surface area contributed by atoms with Crippen molar-refractivity contribution in [2.75, 3.05) is 17.6 Å².